The van der Waals surface area contributed by atoms with E-state index in [9.17, 15) is 0 Å². The molecule has 29 aromatic rings. The summed E-state index contributed by atoms with van der Waals surface area (Å²) in [6.07, 6.45) is 3.73. The standard InChI is InChI=1S/C58H38N4.C40H25N3.C39H27NS/c1-3-12-39(13-4-1)41-22-24-43(25-23-41)44-16-11-17-47(36-44)53-34-35-59-58(60-53)62-55-21-10-8-19-50(55)52-38-46(29-33-57(52)62)45-28-32-56-51(37-45)49-18-7-9-20-54(49)61(56)48-30-26-42(27-31-48)40-14-5-2-6-15-40;1-2-14-31-29(12-1)30-13-3-4-15-32(30)36-25-27(20-21-33(31)36)26-10-9-11-28(24-26)37-22-23-41-40(42-37)43-38-18-7-5-16-34(38)35-17-6-8-19-39(35)43;1-39(2)33-12-6-3-9-27(33)28-18-15-25(22-34(28)39)24-16-19-37-31(21-24)32-23-26(17-20-38(32)41-37)40-35-13-7-4-10-29(35)30-11-5-8-14-36(30)40/h1-38H;1-25H;3-23H,1-2H3. The minimum Gasteiger partial charge on any atom is -0.309 e. The summed E-state index contributed by atoms with van der Waals surface area (Å²) in [5.74, 6) is 1.31. The Kier molecular flexibility index (Phi) is 20.3. The van der Waals surface area contributed by atoms with Crippen molar-refractivity contribution < 1.29 is 0 Å². The van der Waals surface area contributed by atoms with Crippen molar-refractivity contribution in [2.45, 2.75) is 19.3 Å². The maximum atomic E-state index is 5.21. The van der Waals surface area contributed by atoms with Crippen molar-refractivity contribution in [2.24, 2.45) is 0 Å². The lowest BCUT2D eigenvalue weighted by Gasteiger charge is -2.22. The Hall–Kier alpha value is -18.8. The number of hydrogen-bond acceptors (Lipinski definition) is 5. The van der Waals surface area contributed by atoms with E-state index in [1.807, 2.05) is 35.9 Å². The normalized spacial score (nSPS) is 12.2. The second-order valence-corrected chi connectivity index (χ2v) is 39.8. The average Bonchev–Trinajstić information content (AvgIpc) is 1.19. The Bertz CT molecular complexity index is 10200. The molecule has 0 bridgehead atoms. The third kappa shape index (κ3) is 14.4. The number of aromatic nitrogens is 8. The maximum absolute atomic E-state index is 5.21. The van der Waals surface area contributed by atoms with Gasteiger partial charge in [-0.1, -0.05) is 372 Å². The van der Waals surface area contributed by atoms with Crippen LogP contribution in [0.5, 0.6) is 0 Å². The zero-order chi connectivity index (χ0) is 96.6. The van der Waals surface area contributed by atoms with Crippen LogP contribution in [0.2, 0.25) is 0 Å². The van der Waals surface area contributed by atoms with Crippen LogP contribution in [0.15, 0.2) is 510 Å². The third-order valence-electron chi connectivity index (χ3n) is 30.1. The molecule has 1 aliphatic carbocycles. The van der Waals surface area contributed by atoms with Gasteiger partial charge in [0.1, 0.15) is 0 Å². The molecular formula is C137H90N8S. The Labute approximate surface area is 846 Å². The summed E-state index contributed by atoms with van der Waals surface area (Å²) >= 11 is 1.88. The van der Waals surface area contributed by atoms with Crippen LogP contribution in [-0.2, 0) is 5.41 Å². The van der Waals surface area contributed by atoms with Gasteiger partial charge >= 0.3 is 0 Å². The molecule has 0 amide bonds. The Balaban J connectivity index is 0.000000109. The monoisotopic (exact) mass is 1880 g/mol. The lowest BCUT2D eigenvalue weighted by Crippen LogP contribution is -2.14. The molecule has 0 saturated carbocycles. The number of thiophene rings is 1. The van der Waals surface area contributed by atoms with Gasteiger partial charge < -0.3 is 9.13 Å². The summed E-state index contributed by atoms with van der Waals surface area (Å²) in [6, 6.07) is 180. The van der Waals surface area contributed by atoms with Crippen molar-refractivity contribution in [1.82, 2.24) is 38.2 Å². The van der Waals surface area contributed by atoms with Crippen LogP contribution in [0.1, 0.15) is 25.0 Å². The van der Waals surface area contributed by atoms with Crippen LogP contribution in [0.4, 0.5) is 0 Å². The van der Waals surface area contributed by atoms with Crippen LogP contribution in [0.3, 0.4) is 0 Å². The quantitative estimate of drug-likeness (QED) is 0.114. The Morgan fingerprint density at radius 3 is 0.973 bits per heavy atom. The Morgan fingerprint density at radius 2 is 0.473 bits per heavy atom. The number of para-hydroxylation sites is 6. The van der Waals surface area contributed by atoms with Gasteiger partial charge in [0.05, 0.1) is 55.5 Å². The molecule has 0 aliphatic heterocycles. The number of hydrogen-bond donors (Lipinski definition) is 0. The molecule has 0 atom stereocenters. The fourth-order valence-corrected chi connectivity index (χ4v) is 24.1. The molecule has 30 rings (SSSR count). The molecule has 684 valence electrons. The summed E-state index contributed by atoms with van der Waals surface area (Å²) in [4.78, 5) is 19.9. The first kappa shape index (κ1) is 85.2. The molecule has 22 aromatic carbocycles. The summed E-state index contributed by atoms with van der Waals surface area (Å²) < 4.78 is 11.8. The molecule has 0 fully saturated rings. The second-order valence-electron chi connectivity index (χ2n) is 38.7. The van der Waals surface area contributed by atoms with Crippen LogP contribution < -0.4 is 0 Å². The highest BCUT2D eigenvalue weighted by molar-refractivity contribution is 7.25. The van der Waals surface area contributed by atoms with Crippen molar-refractivity contribution in [3.63, 3.8) is 0 Å². The molecule has 7 aromatic heterocycles. The second kappa shape index (κ2) is 34.9. The minimum absolute atomic E-state index is 0.00166. The van der Waals surface area contributed by atoms with Crippen molar-refractivity contribution in [1.29, 1.82) is 0 Å². The molecule has 146 heavy (non-hydrogen) atoms. The molecule has 7 heterocycles. The fraction of sp³-hybridized carbons (Fsp3) is 0.0219. The SMILES string of the molecule is CC1(C)c2ccccc2-c2ccc(-c3ccc4sc5ccc(-n6c7ccccc7c7ccccc76)cc5c4c3)cc21.c1cc(-c2ccc3c4ccccc4c4ccccc4c3c2)cc(-c2ccnc(-n3c4ccccc4c4ccccc43)n2)c1.c1ccc(-c2ccc(-c3cccc(-c4ccnc(-n5c6ccccc6c6cc(-c7ccc8c(c7)c7ccccc7n8-c7ccc(-c8ccccc8)cc7)ccc65)n4)c3)cc2)cc1. The molecule has 0 saturated heterocycles. The molecule has 8 nitrogen and oxygen atoms in total. The van der Waals surface area contributed by atoms with Gasteiger partial charge in [0.15, 0.2) is 0 Å². The highest BCUT2D eigenvalue weighted by Gasteiger charge is 2.36. The molecule has 0 radical (unpaired) electrons. The van der Waals surface area contributed by atoms with Crippen LogP contribution in [0, 0.1) is 0 Å². The largest absolute Gasteiger partial charge is 0.309 e. The van der Waals surface area contributed by atoms with Crippen molar-refractivity contribution in [3.8, 4) is 124 Å². The van der Waals surface area contributed by atoms with Crippen LogP contribution in [-0.4, -0.2) is 38.2 Å². The summed E-state index contributed by atoms with van der Waals surface area (Å²) in [5, 5.41) is 20.1. The third-order valence-corrected chi connectivity index (χ3v) is 31.3. The van der Waals surface area contributed by atoms with E-state index in [1.165, 1.54) is 179 Å². The fourth-order valence-electron chi connectivity index (χ4n) is 23.1. The minimum atomic E-state index is -0.00166. The van der Waals surface area contributed by atoms with E-state index >= 15 is 0 Å². The van der Waals surface area contributed by atoms with Gasteiger partial charge in [0.25, 0.3) is 0 Å². The predicted octanol–water partition coefficient (Wildman–Crippen LogP) is 36.5. The number of rotatable bonds is 12. The first-order valence-electron chi connectivity index (χ1n) is 49.9. The van der Waals surface area contributed by atoms with Crippen molar-refractivity contribution >= 4 is 151 Å². The van der Waals surface area contributed by atoms with Crippen molar-refractivity contribution in [3.05, 3.63) is 521 Å². The predicted molar refractivity (Wildman–Crippen MR) is 614 cm³/mol. The van der Waals surface area contributed by atoms with Gasteiger partial charge in [-0.2, -0.15) is 0 Å². The van der Waals surface area contributed by atoms with E-state index in [4.69, 9.17) is 19.9 Å². The van der Waals surface area contributed by atoms with Gasteiger partial charge in [0.2, 0.25) is 11.9 Å². The highest BCUT2D eigenvalue weighted by atomic mass is 32.1. The molecule has 1 aliphatic rings. The Morgan fingerprint density at radius 1 is 0.178 bits per heavy atom. The lowest BCUT2D eigenvalue weighted by atomic mass is 9.81. The van der Waals surface area contributed by atoms with Gasteiger partial charge in [-0.3, -0.25) is 9.13 Å². The van der Waals surface area contributed by atoms with E-state index in [0.717, 1.165) is 83.3 Å². The van der Waals surface area contributed by atoms with Gasteiger partial charge in [0, 0.05) is 104 Å². The zero-order valence-electron chi connectivity index (χ0n) is 80.0. The summed E-state index contributed by atoms with van der Waals surface area (Å²) in [7, 11) is 0. The molecule has 0 N–H and O–H groups in total. The molecule has 0 unspecified atom stereocenters. The zero-order valence-corrected chi connectivity index (χ0v) is 80.8. The van der Waals surface area contributed by atoms with Crippen LogP contribution in [0.25, 0.3) is 263 Å². The molecule has 9 heteroatoms. The van der Waals surface area contributed by atoms with E-state index < -0.39 is 0 Å². The summed E-state index contributed by atoms with van der Waals surface area (Å²) in [5.41, 5.74) is 35.4. The first-order valence-corrected chi connectivity index (χ1v) is 50.7. The molecule has 0 spiro atoms. The topological polar surface area (TPSA) is 71.3 Å². The molecular weight excluding hydrogens is 1790 g/mol. The van der Waals surface area contributed by atoms with Gasteiger partial charge in [-0.15, -0.1) is 11.3 Å². The number of fused-ring (bicyclic) bond motifs is 24. The van der Waals surface area contributed by atoms with Gasteiger partial charge in [-0.25, -0.2) is 19.9 Å². The van der Waals surface area contributed by atoms with Crippen LogP contribution >= 0.6 is 11.3 Å². The smallest absolute Gasteiger partial charge is 0.235 e. The van der Waals surface area contributed by atoms with E-state index in [0.29, 0.717) is 11.9 Å². The summed E-state index contributed by atoms with van der Waals surface area (Å²) in [6.45, 7) is 4.71. The van der Waals surface area contributed by atoms with Gasteiger partial charge in [-0.05, 0) is 261 Å². The average molecular weight is 1880 g/mol. The van der Waals surface area contributed by atoms with E-state index in [2.05, 4.69) is 517 Å². The van der Waals surface area contributed by atoms with E-state index in [-0.39, 0.29) is 5.41 Å². The number of nitrogens with zero attached hydrogens (tertiary/aromatic N) is 8. The van der Waals surface area contributed by atoms with Crippen molar-refractivity contribution in [2.75, 3.05) is 0 Å². The highest BCUT2D eigenvalue weighted by Crippen LogP contribution is 2.52. The first-order chi connectivity index (χ1) is 72.1. The van der Waals surface area contributed by atoms with E-state index in [1.54, 1.807) is 0 Å². The lowest BCUT2D eigenvalue weighted by molar-refractivity contribution is 0.660. The maximum Gasteiger partial charge on any atom is 0.235 e. The number of benzene rings is 22.